The molecule has 1 atom stereocenters. The normalized spacial score (nSPS) is 20.4. The van der Waals surface area contributed by atoms with Crippen molar-refractivity contribution in [2.75, 3.05) is 0 Å². The van der Waals surface area contributed by atoms with E-state index in [9.17, 15) is 4.79 Å². The van der Waals surface area contributed by atoms with Crippen LogP contribution in [0.15, 0.2) is 78.9 Å². The minimum atomic E-state index is -0.747. The highest BCUT2D eigenvalue weighted by Gasteiger charge is 2.38. The van der Waals surface area contributed by atoms with Crippen LogP contribution >= 0.6 is 0 Å². The predicted octanol–water partition coefficient (Wildman–Crippen LogP) is 4.70. The van der Waals surface area contributed by atoms with E-state index < -0.39 is 5.60 Å². The van der Waals surface area contributed by atoms with Crippen molar-refractivity contribution < 1.29 is 9.53 Å². The van der Waals surface area contributed by atoms with Crippen LogP contribution in [-0.2, 0) is 15.1 Å². The molecule has 0 bridgehead atoms. The average Bonchev–Trinajstić information content (AvgIpc) is 2.91. The molecule has 4 rings (SSSR count). The Hall–Kier alpha value is -2.87. The molecule has 0 amide bonds. The molecule has 0 radical (unpaired) electrons. The van der Waals surface area contributed by atoms with Gasteiger partial charge in [-0.2, -0.15) is 0 Å². The van der Waals surface area contributed by atoms with Crippen LogP contribution in [0.3, 0.4) is 0 Å². The number of cyclic esters (lactones) is 1. The Morgan fingerprint density at radius 2 is 1.52 bits per heavy atom. The van der Waals surface area contributed by atoms with Crippen LogP contribution in [0.1, 0.15) is 18.1 Å². The lowest BCUT2D eigenvalue weighted by molar-refractivity contribution is -0.144. The van der Waals surface area contributed by atoms with Gasteiger partial charge in [0.2, 0.25) is 0 Å². The van der Waals surface area contributed by atoms with E-state index in [2.05, 4.69) is 18.2 Å². The van der Waals surface area contributed by atoms with Gasteiger partial charge in [-0.3, -0.25) is 0 Å². The van der Waals surface area contributed by atoms with Gasteiger partial charge in [-0.25, -0.2) is 4.79 Å². The van der Waals surface area contributed by atoms with Crippen LogP contribution in [0.4, 0.5) is 0 Å². The summed E-state index contributed by atoms with van der Waals surface area (Å²) in [5.41, 5.74) is 1.78. The third-order valence-electron chi connectivity index (χ3n) is 4.35. The van der Waals surface area contributed by atoms with Gasteiger partial charge in [0.1, 0.15) is 0 Å². The van der Waals surface area contributed by atoms with Gasteiger partial charge in [0.25, 0.3) is 0 Å². The number of ether oxygens (including phenoxy) is 1. The number of rotatable bonds is 2. The maximum Gasteiger partial charge on any atom is 0.339 e. The molecule has 112 valence electrons. The molecular formula is C21H16O2. The summed E-state index contributed by atoms with van der Waals surface area (Å²) < 4.78 is 5.78. The summed E-state index contributed by atoms with van der Waals surface area (Å²) in [5, 5.41) is 2.25. The Labute approximate surface area is 135 Å². The molecule has 1 unspecified atom stereocenters. The van der Waals surface area contributed by atoms with Crippen LogP contribution in [0.5, 0.6) is 0 Å². The first-order chi connectivity index (χ1) is 11.2. The van der Waals surface area contributed by atoms with E-state index in [1.807, 2.05) is 67.6 Å². The summed E-state index contributed by atoms with van der Waals surface area (Å²) in [4.78, 5) is 12.4. The number of fused-ring (bicyclic) bond motifs is 1. The van der Waals surface area contributed by atoms with E-state index in [0.717, 1.165) is 21.9 Å². The van der Waals surface area contributed by atoms with Crippen molar-refractivity contribution in [3.63, 3.8) is 0 Å². The fourth-order valence-electron chi connectivity index (χ4n) is 3.22. The first-order valence-electron chi connectivity index (χ1n) is 7.67. The van der Waals surface area contributed by atoms with Crippen molar-refractivity contribution in [2.24, 2.45) is 0 Å². The fraction of sp³-hybridized carbons (Fsp3) is 0.0952. The van der Waals surface area contributed by atoms with Crippen LogP contribution in [0.25, 0.3) is 16.3 Å². The lowest BCUT2D eigenvalue weighted by atomic mass is 9.89. The highest BCUT2D eigenvalue weighted by atomic mass is 16.6. The second kappa shape index (κ2) is 5.10. The molecule has 0 saturated carbocycles. The summed E-state index contributed by atoms with van der Waals surface area (Å²) in [6, 6.07) is 23.9. The smallest absolute Gasteiger partial charge is 0.339 e. The van der Waals surface area contributed by atoms with Gasteiger partial charge in [0.05, 0.1) is 5.57 Å². The molecule has 2 nitrogen and oxygen atoms in total. The molecule has 2 heteroatoms. The monoisotopic (exact) mass is 300 g/mol. The Balaban J connectivity index is 1.88. The molecule has 3 aromatic rings. The molecular weight excluding hydrogens is 284 g/mol. The van der Waals surface area contributed by atoms with Crippen molar-refractivity contribution in [2.45, 2.75) is 12.5 Å². The zero-order chi connectivity index (χ0) is 15.9. The molecule has 0 saturated heterocycles. The minimum Gasteiger partial charge on any atom is -0.447 e. The zero-order valence-corrected chi connectivity index (χ0v) is 12.8. The number of hydrogen-bond donors (Lipinski definition) is 0. The molecule has 23 heavy (non-hydrogen) atoms. The first-order valence-corrected chi connectivity index (χ1v) is 7.67. The van der Waals surface area contributed by atoms with Gasteiger partial charge in [0, 0.05) is 5.56 Å². The Bertz CT molecular complexity index is 919. The SMILES string of the molecule is CC1(c2cccc3ccccc23)C=C(c2ccccc2)C(=O)O1. The summed E-state index contributed by atoms with van der Waals surface area (Å²) >= 11 is 0. The molecule has 3 aromatic carbocycles. The number of esters is 1. The van der Waals surface area contributed by atoms with E-state index in [1.165, 1.54) is 0 Å². The summed E-state index contributed by atoms with van der Waals surface area (Å²) in [6.07, 6.45) is 1.94. The van der Waals surface area contributed by atoms with E-state index >= 15 is 0 Å². The molecule has 1 heterocycles. The Kier molecular flexibility index (Phi) is 3.05. The van der Waals surface area contributed by atoms with Crippen molar-refractivity contribution in [1.29, 1.82) is 0 Å². The molecule has 1 aliphatic rings. The Morgan fingerprint density at radius 3 is 2.35 bits per heavy atom. The van der Waals surface area contributed by atoms with Gasteiger partial charge < -0.3 is 4.74 Å². The molecule has 0 aromatic heterocycles. The minimum absolute atomic E-state index is 0.272. The topological polar surface area (TPSA) is 26.3 Å². The van der Waals surface area contributed by atoms with Gasteiger partial charge in [0.15, 0.2) is 5.60 Å². The van der Waals surface area contributed by atoms with Gasteiger partial charge in [-0.15, -0.1) is 0 Å². The molecule has 1 aliphatic heterocycles. The maximum atomic E-state index is 12.4. The number of hydrogen-bond acceptors (Lipinski definition) is 2. The van der Waals surface area contributed by atoms with E-state index in [4.69, 9.17) is 4.74 Å². The van der Waals surface area contributed by atoms with Crippen molar-refractivity contribution >= 4 is 22.3 Å². The highest BCUT2D eigenvalue weighted by molar-refractivity contribution is 6.19. The number of carbonyl (C=O) groups is 1. The summed E-state index contributed by atoms with van der Waals surface area (Å²) in [5.74, 6) is -0.272. The predicted molar refractivity (Wildman–Crippen MR) is 91.8 cm³/mol. The van der Waals surface area contributed by atoms with Gasteiger partial charge >= 0.3 is 5.97 Å². The van der Waals surface area contributed by atoms with Crippen LogP contribution < -0.4 is 0 Å². The molecule has 0 N–H and O–H groups in total. The molecule has 0 aliphatic carbocycles. The highest BCUT2D eigenvalue weighted by Crippen LogP contribution is 2.40. The van der Waals surface area contributed by atoms with Crippen LogP contribution in [-0.4, -0.2) is 5.97 Å². The quantitative estimate of drug-likeness (QED) is 0.641. The largest absolute Gasteiger partial charge is 0.447 e. The number of carbonyl (C=O) groups excluding carboxylic acids is 1. The zero-order valence-electron chi connectivity index (χ0n) is 12.8. The summed E-state index contributed by atoms with van der Waals surface area (Å²) in [6.45, 7) is 1.95. The third kappa shape index (κ3) is 2.23. The van der Waals surface area contributed by atoms with Gasteiger partial charge in [-0.05, 0) is 29.3 Å². The summed E-state index contributed by atoms with van der Waals surface area (Å²) in [7, 11) is 0. The van der Waals surface area contributed by atoms with Crippen molar-refractivity contribution in [3.8, 4) is 0 Å². The first kappa shape index (κ1) is 13.8. The standard InChI is InChI=1S/C21H16O2/c1-21(19-13-7-11-15-10-5-6-12-17(15)19)14-18(20(22)23-21)16-8-3-2-4-9-16/h2-14H,1H3. The fourth-order valence-corrected chi connectivity index (χ4v) is 3.22. The van der Waals surface area contributed by atoms with E-state index in [1.54, 1.807) is 0 Å². The van der Waals surface area contributed by atoms with Crippen LogP contribution in [0.2, 0.25) is 0 Å². The third-order valence-corrected chi connectivity index (χ3v) is 4.35. The lowest BCUT2D eigenvalue weighted by Crippen LogP contribution is -2.21. The molecule has 0 fully saturated rings. The van der Waals surface area contributed by atoms with Gasteiger partial charge in [-0.1, -0.05) is 72.8 Å². The van der Waals surface area contributed by atoms with E-state index in [-0.39, 0.29) is 5.97 Å². The maximum absolute atomic E-state index is 12.4. The molecule has 0 spiro atoms. The van der Waals surface area contributed by atoms with Crippen LogP contribution in [0, 0.1) is 0 Å². The Morgan fingerprint density at radius 1 is 0.826 bits per heavy atom. The lowest BCUT2D eigenvalue weighted by Gasteiger charge is -2.23. The number of benzene rings is 3. The van der Waals surface area contributed by atoms with Crippen molar-refractivity contribution in [1.82, 2.24) is 0 Å². The average molecular weight is 300 g/mol. The van der Waals surface area contributed by atoms with E-state index in [0.29, 0.717) is 5.57 Å². The second-order valence-corrected chi connectivity index (χ2v) is 5.95. The second-order valence-electron chi connectivity index (χ2n) is 5.95. The van der Waals surface area contributed by atoms with Crippen molar-refractivity contribution in [3.05, 3.63) is 90.0 Å².